The molecule has 35 heavy (non-hydrogen) atoms. The van der Waals surface area contributed by atoms with Crippen LogP contribution in [0.5, 0.6) is 11.5 Å². The number of fused-ring (bicyclic) bond motifs is 3. The molecule has 0 amide bonds. The molecule has 1 aliphatic rings. The van der Waals surface area contributed by atoms with Gasteiger partial charge in [0.2, 0.25) is 0 Å². The zero-order valence-corrected chi connectivity index (χ0v) is 21.6. The molecule has 6 heteroatoms. The van der Waals surface area contributed by atoms with Gasteiger partial charge in [0.15, 0.2) is 0 Å². The van der Waals surface area contributed by atoms with Gasteiger partial charge < -0.3 is 14.0 Å². The summed E-state index contributed by atoms with van der Waals surface area (Å²) >= 11 is 0. The van der Waals surface area contributed by atoms with Gasteiger partial charge >= 0.3 is 21.1 Å². The van der Waals surface area contributed by atoms with E-state index in [4.69, 9.17) is 14.5 Å². The van der Waals surface area contributed by atoms with E-state index in [-0.39, 0.29) is 27.1 Å². The summed E-state index contributed by atoms with van der Waals surface area (Å²) < 4.78 is 14.1. The molecule has 6 rings (SSSR count). The Labute approximate surface area is 218 Å². The Kier molecular flexibility index (Phi) is 6.44. The topological polar surface area (TPSA) is 48.6 Å². The van der Waals surface area contributed by atoms with Crippen LogP contribution in [-0.4, -0.2) is 28.1 Å². The van der Waals surface area contributed by atoms with Crippen molar-refractivity contribution in [2.45, 2.75) is 19.9 Å². The number of benzene rings is 3. The van der Waals surface area contributed by atoms with Crippen molar-refractivity contribution in [2.75, 3.05) is 6.61 Å². The van der Waals surface area contributed by atoms with E-state index in [1.165, 1.54) is 0 Å². The summed E-state index contributed by atoms with van der Waals surface area (Å²) in [6, 6.07) is 30.9. The summed E-state index contributed by atoms with van der Waals surface area (Å²) in [5, 5.41) is 2.25. The summed E-state index contributed by atoms with van der Waals surface area (Å²) in [5.41, 5.74) is 2.79. The molecule has 0 unspecified atom stereocenters. The Bertz CT molecular complexity index is 1530. The smallest absolute Gasteiger partial charge is 0.518 e. The van der Waals surface area contributed by atoms with Crippen LogP contribution in [0.2, 0.25) is 0 Å². The molecule has 1 aliphatic heterocycles. The number of nitrogens with zero attached hydrogens (tertiary/aromatic N) is 3. The van der Waals surface area contributed by atoms with Crippen LogP contribution >= 0.6 is 0 Å². The predicted molar refractivity (Wildman–Crippen MR) is 134 cm³/mol. The molecule has 176 valence electrons. The van der Waals surface area contributed by atoms with E-state index in [1.807, 2.05) is 54.6 Å². The van der Waals surface area contributed by atoms with Crippen molar-refractivity contribution in [1.29, 1.82) is 0 Å². The first-order valence-electron chi connectivity index (χ1n) is 11.5. The monoisotopic (exact) mass is 640 g/mol. The van der Waals surface area contributed by atoms with Crippen LogP contribution in [0.3, 0.4) is 0 Å². The molecule has 5 aromatic rings. The summed E-state index contributed by atoms with van der Waals surface area (Å²) in [6.07, 6.45) is 1.80. The Morgan fingerprint density at radius 2 is 1.74 bits per heavy atom. The fourth-order valence-electron chi connectivity index (χ4n) is 4.29. The maximum absolute atomic E-state index is 6.19. The third-order valence-electron chi connectivity index (χ3n) is 6.10. The minimum Gasteiger partial charge on any atom is -0.518 e. The van der Waals surface area contributed by atoms with Gasteiger partial charge in [0.1, 0.15) is 11.7 Å². The SMILES string of the molecule is CC(C)[C@@H]1COC(c2[c-]c(Oc3[c-]c4c(cc3)c3ccccc3n4-c3ccccn3)ccc2)=N1.[Pt+2]. The molecule has 0 N–H and O–H groups in total. The van der Waals surface area contributed by atoms with Crippen molar-refractivity contribution in [3.05, 3.63) is 96.7 Å². The van der Waals surface area contributed by atoms with E-state index >= 15 is 0 Å². The van der Waals surface area contributed by atoms with Crippen LogP contribution in [-0.2, 0) is 25.8 Å². The van der Waals surface area contributed by atoms with Crippen molar-refractivity contribution in [1.82, 2.24) is 9.55 Å². The molecular formula is C29H23N3O2Pt. The summed E-state index contributed by atoms with van der Waals surface area (Å²) in [6.45, 7) is 4.91. The van der Waals surface area contributed by atoms with Crippen molar-refractivity contribution >= 4 is 27.7 Å². The molecule has 3 aromatic carbocycles. The van der Waals surface area contributed by atoms with Crippen LogP contribution in [0.15, 0.2) is 84.0 Å². The second-order valence-corrected chi connectivity index (χ2v) is 8.71. The summed E-state index contributed by atoms with van der Waals surface area (Å²) in [7, 11) is 0. The molecular weight excluding hydrogens is 617 g/mol. The normalized spacial score (nSPS) is 15.2. The maximum Gasteiger partial charge on any atom is 2.00 e. The Hall–Kier alpha value is -3.43. The summed E-state index contributed by atoms with van der Waals surface area (Å²) in [4.78, 5) is 9.28. The molecule has 0 saturated heterocycles. The average molecular weight is 641 g/mol. The molecule has 3 heterocycles. The van der Waals surface area contributed by atoms with Gasteiger partial charge in [-0.15, -0.1) is 35.7 Å². The quantitative estimate of drug-likeness (QED) is 0.210. The number of hydrogen-bond acceptors (Lipinski definition) is 4. The largest absolute Gasteiger partial charge is 2.00 e. The van der Waals surface area contributed by atoms with Gasteiger partial charge in [-0.05, 0) is 29.5 Å². The first kappa shape index (κ1) is 23.3. The first-order valence-corrected chi connectivity index (χ1v) is 11.5. The van der Waals surface area contributed by atoms with E-state index in [0.29, 0.717) is 29.9 Å². The zero-order valence-electron chi connectivity index (χ0n) is 19.3. The van der Waals surface area contributed by atoms with Gasteiger partial charge in [-0.25, -0.2) is 4.98 Å². The Morgan fingerprint density at radius 1 is 0.914 bits per heavy atom. The van der Waals surface area contributed by atoms with Gasteiger partial charge in [-0.3, -0.25) is 4.99 Å². The van der Waals surface area contributed by atoms with Crippen molar-refractivity contribution in [2.24, 2.45) is 10.9 Å². The molecule has 0 radical (unpaired) electrons. The van der Waals surface area contributed by atoms with Crippen molar-refractivity contribution < 1.29 is 30.5 Å². The molecule has 0 bridgehead atoms. The number of para-hydroxylation sites is 1. The second-order valence-electron chi connectivity index (χ2n) is 8.71. The average Bonchev–Trinajstić information content (AvgIpc) is 3.48. The molecule has 2 aromatic heterocycles. The van der Waals surface area contributed by atoms with E-state index in [0.717, 1.165) is 33.2 Å². The van der Waals surface area contributed by atoms with Crippen LogP contribution < -0.4 is 4.74 Å². The molecule has 5 nitrogen and oxygen atoms in total. The van der Waals surface area contributed by atoms with Gasteiger partial charge in [-0.2, -0.15) is 6.07 Å². The number of pyridine rings is 1. The van der Waals surface area contributed by atoms with Gasteiger partial charge in [-0.1, -0.05) is 55.3 Å². The van der Waals surface area contributed by atoms with E-state index in [2.05, 4.69) is 53.7 Å². The van der Waals surface area contributed by atoms with Crippen LogP contribution in [0.4, 0.5) is 0 Å². The number of hydrogen-bond donors (Lipinski definition) is 0. The minimum absolute atomic E-state index is 0. The second kappa shape index (κ2) is 9.67. The molecule has 0 aliphatic carbocycles. The van der Waals surface area contributed by atoms with Crippen LogP contribution in [0.25, 0.3) is 27.6 Å². The third kappa shape index (κ3) is 4.37. The van der Waals surface area contributed by atoms with Crippen LogP contribution in [0, 0.1) is 18.1 Å². The molecule has 0 spiro atoms. The number of ether oxygens (including phenoxy) is 2. The minimum atomic E-state index is 0. The van der Waals surface area contributed by atoms with Gasteiger partial charge in [0.25, 0.3) is 0 Å². The standard InChI is InChI=1S/C29H23N3O2.Pt/c1-19(2)25-18-33-29(31-25)20-8-7-9-21(16-20)34-22-13-14-24-23-10-3-4-11-26(23)32(27(24)17-22)28-12-5-6-15-30-28;/h3-15,19,25H,18H2,1-2H3;/q-2;+2/t25-;/m0./s1. The summed E-state index contributed by atoms with van der Waals surface area (Å²) in [5.74, 6) is 3.10. The third-order valence-corrected chi connectivity index (χ3v) is 6.10. The zero-order chi connectivity index (χ0) is 23.1. The predicted octanol–water partition coefficient (Wildman–Crippen LogP) is 6.37. The number of aromatic nitrogens is 2. The Morgan fingerprint density at radius 3 is 2.54 bits per heavy atom. The van der Waals surface area contributed by atoms with Gasteiger partial charge in [0.05, 0.1) is 12.6 Å². The van der Waals surface area contributed by atoms with E-state index in [9.17, 15) is 0 Å². The maximum atomic E-state index is 6.19. The first-order chi connectivity index (χ1) is 16.7. The number of aliphatic imine (C=N–C) groups is 1. The fraction of sp³-hybridized carbons (Fsp3) is 0.172. The van der Waals surface area contributed by atoms with Crippen molar-refractivity contribution in [3.8, 4) is 17.3 Å². The molecule has 0 fully saturated rings. The van der Waals surface area contributed by atoms with E-state index < -0.39 is 0 Å². The van der Waals surface area contributed by atoms with Crippen molar-refractivity contribution in [3.63, 3.8) is 0 Å². The van der Waals surface area contributed by atoms with Gasteiger partial charge in [0, 0.05) is 23.2 Å². The number of rotatable bonds is 5. The Balaban J connectivity index is 0.00000253. The van der Waals surface area contributed by atoms with E-state index in [1.54, 1.807) is 6.20 Å². The molecule has 0 saturated carbocycles. The van der Waals surface area contributed by atoms with Crippen LogP contribution in [0.1, 0.15) is 19.4 Å². The molecule has 1 atom stereocenters. The fourth-order valence-corrected chi connectivity index (χ4v) is 4.29.